The predicted octanol–water partition coefficient (Wildman–Crippen LogP) is 3.98. The van der Waals surface area contributed by atoms with Crippen LogP contribution in [0.5, 0.6) is 0 Å². The van der Waals surface area contributed by atoms with Gasteiger partial charge < -0.3 is 14.9 Å². The van der Waals surface area contributed by atoms with Crippen LogP contribution in [0.3, 0.4) is 0 Å². The Morgan fingerprint density at radius 3 is 2.33 bits per heavy atom. The lowest BCUT2D eigenvalue weighted by Gasteiger charge is -2.48. The first kappa shape index (κ1) is 24.3. The molecule has 2 aliphatic rings. The maximum atomic E-state index is 14.9. The first-order chi connectivity index (χ1) is 17.3. The fourth-order valence-electron chi connectivity index (χ4n) is 6.01. The zero-order valence-corrected chi connectivity index (χ0v) is 20.4. The van der Waals surface area contributed by atoms with Crippen LogP contribution in [0.25, 0.3) is 0 Å². The summed E-state index contributed by atoms with van der Waals surface area (Å²) in [7, 11) is 0. The molecule has 188 valence electrons. The molecule has 8 heteroatoms. The van der Waals surface area contributed by atoms with Crippen LogP contribution in [0.15, 0.2) is 66.9 Å². The Labute approximate surface area is 209 Å². The minimum atomic E-state index is -1.05. The van der Waals surface area contributed by atoms with Crippen molar-refractivity contribution in [3.63, 3.8) is 0 Å². The zero-order valence-electron chi connectivity index (χ0n) is 20.4. The fourth-order valence-corrected chi connectivity index (χ4v) is 6.01. The van der Waals surface area contributed by atoms with Crippen molar-refractivity contribution in [3.05, 3.63) is 89.6 Å². The van der Waals surface area contributed by atoms with Crippen molar-refractivity contribution >= 4 is 11.7 Å². The first-order valence-electron chi connectivity index (χ1n) is 12.3. The summed E-state index contributed by atoms with van der Waals surface area (Å²) >= 11 is 0. The topological polar surface area (TPSA) is 69.6 Å². The van der Waals surface area contributed by atoms with Gasteiger partial charge in [-0.1, -0.05) is 50.2 Å². The van der Waals surface area contributed by atoms with Gasteiger partial charge in [0.15, 0.2) is 5.82 Å². The number of nitrogens with zero attached hydrogens (tertiary/aromatic N) is 4. The SMILES string of the molecule is C[C@@H]1CN(C(=O)[C@@H]2CN(c3cccnn3)C[C@H]2c2ccc(F)cc2F)C[C@H](C)C1(O)c1ccccc1. The number of likely N-dealkylation sites (tertiary alicyclic amines) is 1. The van der Waals surface area contributed by atoms with Crippen molar-refractivity contribution in [3.8, 4) is 0 Å². The molecule has 5 rings (SSSR count). The van der Waals surface area contributed by atoms with Gasteiger partial charge in [0.05, 0.1) is 11.5 Å². The molecule has 2 saturated heterocycles. The van der Waals surface area contributed by atoms with E-state index in [-0.39, 0.29) is 17.7 Å². The normalized spacial score (nSPS) is 28.4. The lowest BCUT2D eigenvalue weighted by Crippen LogP contribution is -2.57. The van der Waals surface area contributed by atoms with Crippen LogP contribution in [-0.2, 0) is 10.4 Å². The monoisotopic (exact) mass is 492 g/mol. The zero-order chi connectivity index (χ0) is 25.4. The number of halogens is 2. The molecular weight excluding hydrogens is 462 g/mol. The molecule has 0 aliphatic carbocycles. The van der Waals surface area contributed by atoms with Gasteiger partial charge in [0.25, 0.3) is 0 Å². The Balaban J connectivity index is 1.43. The van der Waals surface area contributed by atoms with Crippen LogP contribution in [0, 0.1) is 29.4 Å². The number of amides is 1. The van der Waals surface area contributed by atoms with Gasteiger partial charge in [0.1, 0.15) is 11.6 Å². The summed E-state index contributed by atoms with van der Waals surface area (Å²) in [5.41, 5.74) is 0.111. The number of rotatable bonds is 4. The highest BCUT2D eigenvalue weighted by Crippen LogP contribution is 2.43. The van der Waals surface area contributed by atoms with E-state index in [2.05, 4.69) is 10.2 Å². The van der Waals surface area contributed by atoms with E-state index >= 15 is 0 Å². The highest BCUT2D eigenvalue weighted by Gasteiger charge is 2.49. The summed E-state index contributed by atoms with van der Waals surface area (Å²) in [5.74, 6) is -2.21. The van der Waals surface area contributed by atoms with Crippen LogP contribution >= 0.6 is 0 Å². The molecule has 3 aromatic rings. The number of aliphatic hydroxyl groups is 1. The number of hydrogen-bond acceptors (Lipinski definition) is 5. The van der Waals surface area contributed by atoms with E-state index in [1.165, 1.54) is 12.1 Å². The molecule has 0 saturated carbocycles. The van der Waals surface area contributed by atoms with Gasteiger partial charge in [-0.15, -0.1) is 5.10 Å². The number of benzene rings is 2. The summed E-state index contributed by atoms with van der Waals surface area (Å²) in [6, 6.07) is 16.7. The quantitative estimate of drug-likeness (QED) is 0.597. The van der Waals surface area contributed by atoms with Gasteiger partial charge in [-0.3, -0.25) is 4.79 Å². The molecule has 2 aromatic carbocycles. The molecule has 5 atom stereocenters. The highest BCUT2D eigenvalue weighted by molar-refractivity contribution is 5.82. The number of carbonyl (C=O) groups is 1. The third-order valence-electron chi connectivity index (χ3n) is 7.92. The second kappa shape index (κ2) is 9.58. The van der Waals surface area contributed by atoms with Gasteiger partial charge in [-0.25, -0.2) is 8.78 Å². The Morgan fingerprint density at radius 2 is 1.69 bits per heavy atom. The van der Waals surface area contributed by atoms with E-state index in [0.717, 1.165) is 11.6 Å². The van der Waals surface area contributed by atoms with E-state index in [4.69, 9.17) is 0 Å². The van der Waals surface area contributed by atoms with Crippen molar-refractivity contribution in [2.75, 3.05) is 31.1 Å². The van der Waals surface area contributed by atoms with Crippen molar-refractivity contribution < 1.29 is 18.7 Å². The van der Waals surface area contributed by atoms with Gasteiger partial charge in [0.2, 0.25) is 5.91 Å². The predicted molar refractivity (Wildman–Crippen MR) is 132 cm³/mol. The summed E-state index contributed by atoms with van der Waals surface area (Å²) < 4.78 is 28.5. The minimum absolute atomic E-state index is 0.0936. The largest absolute Gasteiger partial charge is 0.384 e. The van der Waals surface area contributed by atoms with E-state index < -0.39 is 29.1 Å². The van der Waals surface area contributed by atoms with Crippen LogP contribution < -0.4 is 4.90 Å². The minimum Gasteiger partial charge on any atom is -0.384 e. The van der Waals surface area contributed by atoms with Crippen molar-refractivity contribution in [2.24, 2.45) is 17.8 Å². The Hall–Kier alpha value is -3.39. The number of hydrogen-bond donors (Lipinski definition) is 1. The van der Waals surface area contributed by atoms with Crippen LogP contribution in [0.2, 0.25) is 0 Å². The Morgan fingerprint density at radius 1 is 0.972 bits per heavy atom. The van der Waals surface area contributed by atoms with E-state index in [1.54, 1.807) is 17.2 Å². The lowest BCUT2D eigenvalue weighted by molar-refractivity contribution is -0.152. The number of anilines is 1. The van der Waals surface area contributed by atoms with Crippen LogP contribution in [0.4, 0.5) is 14.6 Å². The maximum Gasteiger partial charge on any atom is 0.228 e. The third kappa shape index (κ3) is 4.23. The van der Waals surface area contributed by atoms with E-state index in [1.807, 2.05) is 55.1 Å². The van der Waals surface area contributed by atoms with Crippen molar-refractivity contribution in [1.29, 1.82) is 0 Å². The summed E-state index contributed by atoms with van der Waals surface area (Å²) in [5, 5.41) is 19.8. The fraction of sp³-hybridized carbons (Fsp3) is 0.393. The molecule has 0 spiro atoms. The molecule has 1 N–H and O–H groups in total. The number of aromatic nitrogens is 2. The maximum absolute atomic E-state index is 14.9. The van der Waals surface area contributed by atoms with Crippen molar-refractivity contribution in [1.82, 2.24) is 15.1 Å². The average molecular weight is 493 g/mol. The number of piperidine rings is 1. The first-order valence-corrected chi connectivity index (χ1v) is 12.3. The van der Waals surface area contributed by atoms with Crippen LogP contribution in [0.1, 0.15) is 30.9 Å². The molecular formula is C28H30F2N4O2. The second-order valence-electron chi connectivity index (χ2n) is 10.1. The Bertz CT molecular complexity index is 1210. The smallest absolute Gasteiger partial charge is 0.228 e. The molecule has 1 aromatic heterocycles. The van der Waals surface area contributed by atoms with Gasteiger partial charge >= 0.3 is 0 Å². The van der Waals surface area contributed by atoms with Crippen LogP contribution in [-0.4, -0.2) is 52.3 Å². The average Bonchev–Trinajstić information content (AvgIpc) is 3.32. The highest BCUT2D eigenvalue weighted by atomic mass is 19.1. The second-order valence-corrected chi connectivity index (χ2v) is 10.1. The van der Waals surface area contributed by atoms with Gasteiger partial charge in [0, 0.05) is 56.2 Å². The van der Waals surface area contributed by atoms with Gasteiger partial charge in [-0.05, 0) is 29.3 Å². The molecule has 1 unspecified atom stereocenters. The molecule has 2 fully saturated rings. The summed E-state index contributed by atoms with van der Waals surface area (Å²) in [6.45, 7) is 5.40. The third-order valence-corrected chi connectivity index (χ3v) is 7.92. The lowest BCUT2D eigenvalue weighted by atomic mass is 9.70. The number of carbonyl (C=O) groups excluding carboxylic acids is 1. The Kier molecular flexibility index (Phi) is 6.47. The molecule has 2 aliphatic heterocycles. The summed E-state index contributed by atoms with van der Waals surface area (Å²) in [4.78, 5) is 17.7. The molecule has 6 nitrogen and oxygen atoms in total. The molecule has 0 bridgehead atoms. The van der Waals surface area contributed by atoms with E-state index in [9.17, 15) is 18.7 Å². The molecule has 3 heterocycles. The van der Waals surface area contributed by atoms with Gasteiger partial charge in [-0.2, -0.15) is 5.10 Å². The molecule has 36 heavy (non-hydrogen) atoms. The molecule has 0 radical (unpaired) electrons. The van der Waals surface area contributed by atoms with Crippen molar-refractivity contribution in [2.45, 2.75) is 25.4 Å². The summed E-state index contributed by atoms with van der Waals surface area (Å²) in [6.07, 6.45) is 1.57. The standard InChI is InChI=1S/C28H30F2N4O2/c1-18-14-34(15-19(2)28(18,36)20-7-4-3-5-8-20)27(35)24-17-33(26-9-6-12-31-32-26)16-23(24)22-11-10-21(29)13-25(22)30/h3-13,18-19,23-24,36H,14-17H2,1-2H3/t18-,19+,23-,24+,28?/m0/s1. The van der Waals surface area contributed by atoms with E-state index in [0.29, 0.717) is 37.6 Å². The molecule has 1 amide bonds.